The van der Waals surface area contributed by atoms with Crippen LogP contribution in [0.3, 0.4) is 0 Å². The lowest BCUT2D eigenvalue weighted by Gasteiger charge is -2.07. The van der Waals surface area contributed by atoms with Crippen LogP contribution in [0.2, 0.25) is 0 Å². The molecule has 0 aliphatic carbocycles. The van der Waals surface area contributed by atoms with Crippen molar-refractivity contribution in [1.82, 2.24) is 15.4 Å². The lowest BCUT2D eigenvalue weighted by Crippen LogP contribution is -2.19. The van der Waals surface area contributed by atoms with Crippen LogP contribution < -0.4 is 9.61 Å². The molecule has 3 aromatic rings. The van der Waals surface area contributed by atoms with Crippen LogP contribution in [0, 0.1) is 0 Å². The molecule has 0 atom stereocenters. The van der Waals surface area contributed by atoms with Gasteiger partial charge in [-0.3, -0.25) is 9.78 Å². The first-order chi connectivity index (χ1) is 13.4. The molecule has 0 saturated heterocycles. The molecule has 142 valence electrons. The number of carbonyl (C=O) groups excluding carboxylic acids is 1. The van der Waals surface area contributed by atoms with E-state index in [0.717, 1.165) is 4.47 Å². The van der Waals surface area contributed by atoms with Crippen LogP contribution in [0.15, 0.2) is 81.6 Å². The number of rotatable bonds is 6. The molecular formula is C18H13BrN4O4S. The number of carbonyl (C=O) groups is 1. The zero-order chi connectivity index (χ0) is 20.0. The topological polar surface area (TPSA) is 111 Å². The van der Waals surface area contributed by atoms with E-state index in [0.29, 0.717) is 5.56 Å². The maximum absolute atomic E-state index is 12.3. The van der Waals surface area contributed by atoms with E-state index in [4.69, 9.17) is 4.18 Å². The van der Waals surface area contributed by atoms with E-state index < -0.39 is 16.0 Å². The van der Waals surface area contributed by atoms with Crippen LogP contribution in [0.25, 0.3) is 0 Å². The first kappa shape index (κ1) is 19.6. The highest BCUT2D eigenvalue weighted by Gasteiger charge is 2.16. The molecule has 10 heteroatoms. The number of amides is 1. The molecule has 0 aliphatic rings. The monoisotopic (exact) mass is 460 g/mol. The Bertz CT molecular complexity index is 1090. The van der Waals surface area contributed by atoms with Crippen molar-refractivity contribution >= 4 is 38.2 Å². The molecule has 1 aromatic heterocycles. The van der Waals surface area contributed by atoms with Gasteiger partial charge in [0.1, 0.15) is 16.3 Å². The van der Waals surface area contributed by atoms with Crippen molar-refractivity contribution < 1.29 is 17.4 Å². The summed E-state index contributed by atoms with van der Waals surface area (Å²) in [7, 11) is -3.93. The van der Waals surface area contributed by atoms with Crippen molar-refractivity contribution in [2.45, 2.75) is 4.90 Å². The molecule has 1 heterocycles. The molecule has 0 aliphatic heterocycles. The zero-order valence-corrected chi connectivity index (χ0v) is 16.6. The maximum atomic E-state index is 12.3. The molecule has 1 amide bonds. The van der Waals surface area contributed by atoms with Gasteiger partial charge in [-0.25, -0.2) is 10.4 Å². The van der Waals surface area contributed by atoms with Crippen molar-refractivity contribution in [3.63, 3.8) is 0 Å². The zero-order valence-electron chi connectivity index (χ0n) is 14.2. The predicted molar refractivity (Wildman–Crippen MR) is 105 cm³/mol. The molecule has 0 bridgehead atoms. The van der Waals surface area contributed by atoms with E-state index >= 15 is 0 Å². The molecule has 0 unspecified atom stereocenters. The van der Waals surface area contributed by atoms with Crippen LogP contribution >= 0.6 is 15.9 Å². The second kappa shape index (κ2) is 8.72. The summed E-state index contributed by atoms with van der Waals surface area (Å²) in [6.45, 7) is 0. The summed E-state index contributed by atoms with van der Waals surface area (Å²) in [5.41, 5.74) is 3.10. The number of hydrogen-bond donors (Lipinski definition) is 1. The highest BCUT2D eigenvalue weighted by Crippen LogP contribution is 2.20. The fraction of sp³-hybridized carbons (Fsp3) is 0. The van der Waals surface area contributed by atoms with Gasteiger partial charge in [-0.05, 0) is 54.1 Å². The Morgan fingerprint density at radius 1 is 1.07 bits per heavy atom. The second-order valence-corrected chi connectivity index (χ2v) is 7.81. The van der Waals surface area contributed by atoms with Gasteiger partial charge in [0.25, 0.3) is 5.91 Å². The van der Waals surface area contributed by atoms with Gasteiger partial charge in [0.15, 0.2) is 0 Å². The third-order valence-corrected chi connectivity index (χ3v) is 5.15. The third-order valence-electron chi connectivity index (χ3n) is 3.36. The molecule has 0 saturated carbocycles. The summed E-state index contributed by atoms with van der Waals surface area (Å²) in [6, 6.07) is 12.3. The number of hydrazone groups is 1. The van der Waals surface area contributed by atoms with E-state index in [1.165, 1.54) is 49.1 Å². The van der Waals surface area contributed by atoms with E-state index in [-0.39, 0.29) is 16.3 Å². The number of nitrogens with zero attached hydrogens (tertiary/aromatic N) is 3. The summed E-state index contributed by atoms with van der Waals surface area (Å²) >= 11 is 3.25. The minimum Gasteiger partial charge on any atom is -0.379 e. The van der Waals surface area contributed by atoms with E-state index in [1.54, 1.807) is 24.3 Å². The van der Waals surface area contributed by atoms with Crippen LogP contribution in [0.5, 0.6) is 5.75 Å². The van der Waals surface area contributed by atoms with Crippen LogP contribution in [-0.4, -0.2) is 30.5 Å². The molecule has 8 nitrogen and oxygen atoms in total. The van der Waals surface area contributed by atoms with Gasteiger partial charge < -0.3 is 4.18 Å². The van der Waals surface area contributed by atoms with Gasteiger partial charge in [-0.2, -0.15) is 13.5 Å². The van der Waals surface area contributed by atoms with Gasteiger partial charge >= 0.3 is 10.1 Å². The van der Waals surface area contributed by atoms with Crippen LogP contribution in [0.1, 0.15) is 16.1 Å². The molecule has 3 rings (SSSR count). The van der Waals surface area contributed by atoms with E-state index in [2.05, 4.69) is 36.4 Å². The van der Waals surface area contributed by atoms with Crippen LogP contribution in [-0.2, 0) is 10.1 Å². The van der Waals surface area contributed by atoms with E-state index in [9.17, 15) is 13.2 Å². The Labute approximate surface area is 169 Å². The van der Waals surface area contributed by atoms with Crippen LogP contribution in [0.4, 0.5) is 0 Å². The molecule has 28 heavy (non-hydrogen) atoms. The van der Waals surface area contributed by atoms with Crippen molar-refractivity contribution in [1.29, 1.82) is 0 Å². The van der Waals surface area contributed by atoms with Gasteiger partial charge in [-0.15, -0.1) is 0 Å². The Morgan fingerprint density at radius 2 is 1.79 bits per heavy atom. The van der Waals surface area contributed by atoms with Crippen molar-refractivity contribution in [2.75, 3.05) is 0 Å². The predicted octanol–water partition coefficient (Wildman–Crippen LogP) is 2.77. The Hall–Kier alpha value is -3.11. The summed E-state index contributed by atoms with van der Waals surface area (Å²) < 4.78 is 30.4. The number of aromatic nitrogens is 2. The minimum absolute atomic E-state index is 0.0491. The first-order valence-electron chi connectivity index (χ1n) is 7.83. The Morgan fingerprint density at radius 3 is 2.43 bits per heavy atom. The largest absolute Gasteiger partial charge is 0.379 e. The summed E-state index contributed by atoms with van der Waals surface area (Å²) in [5, 5.41) is 3.82. The lowest BCUT2D eigenvalue weighted by molar-refractivity contribution is 0.0949. The minimum atomic E-state index is -3.93. The molecule has 0 radical (unpaired) electrons. The third kappa shape index (κ3) is 5.21. The standard InChI is InChI=1S/C18H13BrN4O4S/c19-14-3-7-16(8-4-14)28(25,26)27-15-5-1-13(2-6-15)11-22-23-18(24)17-12-20-9-10-21-17/h1-12H,(H,23,24)/b22-11+. The van der Waals surface area contributed by atoms with Crippen molar-refractivity contribution in [3.8, 4) is 5.75 Å². The smallest absolute Gasteiger partial charge is 0.339 e. The number of halogens is 1. The Balaban J connectivity index is 1.62. The molecule has 1 N–H and O–H groups in total. The molecular weight excluding hydrogens is 448 g/mol. The second-order valence-electron chi connectivity index (χ2n) is 5.35. The number of hydrogen-bond acceptors (Lipinski definition) is 7. The fourth-order valence-electron chi connectivity index (χ4n) is 2.02. The summed E-state index contributed by atoms with van der Waals surface area (Å²) in [6.07, 6.45) is 5.59. The highest BCUT2D eigenvalue weighted by atomic mass is 79.9. The average molecular weight is 461 g/mol. The summed E-state index contributed by atoms with van der Waals surface area (Å²) in [5.74, 6) is -0.339. The normalized spacial score (nSPS) is 11.3. The fourth-order valence-corrected chi connectivity index (χ4v) is 3.22. The first-order valence-corrected chi connectivity index (χ1v) is 10.0. The van der Waals surface area contributed by atoms with Gasteiger partial charge in [0.05, 0.1) is 12.4 Å². The Kier molecular flexibility index (Phi) is 6.12. The summed E-state index contributed by atoms with van der Waals surface area (Å²) in [4.78, 5) is 19.5. The van der Waals surface area contributed by atoms with Gasteiger partial charge in [0, 0.05) is 16.9 Å². The quantitative estimate of drug-likeness (QED) is 0.344. The molecule has 0 fully saturated rings. The SMILES string of the molecule is O=C(N/N=C/c1ccc(OS(=O)(=O)c2ccc(Br)cc2)cc1)c1cnccn1. The lowest BCUT2D eigenvalue weighted by atomic mass is 10.2. The van der Waals surface area contributed by atoms with Crippen molar-refractivity contribution in [3.05, 3.63) is 82.9 Å². The number of benzene rings is 2. The molecule has 2 aromatic carbocycles. The number of nitrogens with one attached hydrogen (secondary N) is 1. The molecule has 0 spiro atoms. The maximum Gasteiger partial charge on any atom is 0.339 e. The van der Waals surface area contributed by atoms with Gasteiger partial charge in [0.2, 0.25) is 0 Å². The average Bonchev–Trinajstić information content (AvgIpc) is 2.70. The van der Waals surface area contributed by atoms with Crippen molar-refractivity contribution in [2.24, 2.45) is 5.10 Å². The van der Waals surface area contributed by atoms with Gasteiger partial charge in [-0.1, -0.05) is 15.9 Å². The van der Waals surface area contributed by atoms with E-state index in [1.807, 2.05) is 0 Å². The highest BCUT2D eigenvalue weighted by molar-refractivity contribution is 9.10.